The van der Waals surface area contributed by atoms with E-state index in [-0.39, 0.29) is 30.3 Å². The highest BCUT2D eigenvalue weighted by Gasteiger charge is 2.55. The Balaban J connectivity index is 1.50. The summed E-state index contributed by atoms with van der Waals surface area (Å²) in [7, 11) is 3.22. The maximum absolute atomic E-state index is 13.3. The van der Waals surface area contributed by atoms with Gasteiger partial charge in [-0.25, -0.2) is 4.79 Å². The lowest BCUT2D eigenvalue weighted by atomic mass is 9.73. The van der Waals surface area contributed by atoms with Crippen molar-refractivity contribution in [1.82, 2.24) is 15.5 Å². The minimum atomic E-state index is -0.881. The van der Waals surface area contributed by atoms with Gasteiger partial charge in [0.1, 0.15) is 23.6 Å². The van der Waals surface area contributed by atoms with Crippen LogP contribution in [0.25, 0.3) is 0 Å². The Morgan fingerprint density at radius 2 is 1.69 bits per heavy atom. The van der Waals surface area contributed by atoms with E-state index in [4.69, 9.17) is 9.47 Å². The lowest BCUT2D eigenvalue weighted by molar-refractivity contribution is -0.137. The summed E-state index contributed by atoms with van der Waals surface area (Å²) in [5.41, 5.74) is 1.02. The molecule has 186 valence electrons. The van der Waals surface area contributed by atoms with E-state index in [1.165, 1.54) is 0 Å². The Labute approximate surface area is 206 Å². The van der Waals surface area contributed by atoms with E-state index < -0.39 is 11.6 Å². The Bertz CT molecular complexity index is 1070. The van der Waals surface area contributed by atoms with Crippen LogP contribution in [0.1, 0.15) is 49.8 Å². The van der Waals surface area contributed by atoms with Gasteiger partial charge in [0.05, 0.1) is 20.3 Å². The number of ether oxygens (including phenoxy) is 2. The van der Waals surface area contributed by atoms with Gasteiger partial charge in [0.15, 0.2) is 0 Å². The molecule has 2 N–H and O–H groups in total. The summed E-state index contributed by atoms with van der Waals surface area (Å²) in [6, 6.07) is 14.3. The fraction of sp³-hybridized carbons (Fsp3) is 0.444. The second-order valence-electron chi connectivity index (χ2n) is 9.39. The molecule has 8 nitrogen and oxygen atoms in total. The number of rotatable bonds is 8. The summed E-state index contributed by atoms with van der Waals surface area (Å²) in [5.74, 6) is 0.838. The molecule has 0 unspecified atom stereocenters. The van der Waals surface area contributed by atoms with Gasteiger partial charge in [-0.2, -0.15) is 0 Å². The molecule has 2 aromatic rings. The zero-order valence-corrected chi connectivity index (χ0v) is 20.5. The summed E-state index contributed by atoms with van der Waals surface area (Å²) >= 11 is 0. The SMILES string of the molecule is COc1ccc(C[C@H](NC(=O)CN2C(=O)N[C@@]3(CCCC[C@H]3C)C2=O)c2ccc(OC)cc2)cc1. The van der Waals surface area contributed by atoms with Crippen LogP contribution in [-0.2, 0) is 16.0 Å². The van der Waals surface area contributed by atoms with Crippen molar-refractivity contribution in [3.05, 3.63) is 59.7 Å². The van der Waals surface area contributed by atoms with Crippen molar-refractivity contribution >= 4 is 17.8 Å². The van der Waals surface area contributed by atoms with Crippen LogP contribution in [0.15, 0.2) is 48.5 Å². The van der Waals surface area contributed by atoms with Crippen molar-refractivity contribution in [2.24, 2.45) is 5.92 Å². The lowest BCUT2D eigenvalue weighted by Crippen LogP contribution is -2.54. The van der Waals surface area contributed by atoms with Crippen LogP contribution in [0.5, 0.6) is 11.5 Å². The number of carbonyl (C=O) groups is 3. The van der Waals surface area contributed by atoms with Gasteiger partial charge in [-0.15, -0.1) is 0 Å². The van der Waals surface area contributed by atoms with E-state index in [2.05, 4.69) is 10.6 Å². The molecular formula is C27H33N3O5. The normalized spacial score (nSPS) is 22.6. The number of imide groups is 1. The van der Waals surface area contributed by atoms with Crippen molar-refractivity contribution in [2.75, 3.05) is 20.8 Å². The smallest absolute Gasteiger partial charge is 0.325 e. The van der Waals surface area contributed by atoms with Gasteiger partial charge in [-0.1, -0.05) is 44.0 Å². The molecule has 8 heteroatoms. The van der Waals surface area contributed by atoms with Crippen molar-refractivity contribution in [3.63, 3.8) is 0 Å². The fourth-order valence-corrected chi connectivity index (χ4v) is 5.11. The highest BCUT2D eigenvalue weighted by Crippen LogP contribution is 2.38. The summed E-state index contributed by atoms with van der Waals surface area (Å²) < 4.78 is 10.5. The number of hydrogen-bond acceptors (Lipinski definition) is 5. The first kappa shape index (κ1) is 24.6. The van der Waals surface area contributed by atoms with Crippen LogP contribution in [0.4, 0.5) is 4.79 Å². The summed E-state index contributed by atoms with van der Waals surface area (Å²) in [6.45, 7) is 1.68. The number of methoxy groups -OCH3 is 2. The van der Waals surface area contributed by atoms with Gasteiger partial charge in [-0.05, 0) is 60.6 Å². The van der Waals surface area contributed by atoms with Gasteiger partial charge < -0.3 is 20.1 Å². The number of urea groups is 1. The molecule has 4 amide bonds. The number of nitrogens with one attached hydrogen (secondary N) is 2. The standard InChI is InChI=1S/C27H33N3O5/c1-18-6-4-5-15-27(18)25(32)30(26(33)29-27)17-24(31)28-23(20-9-13-22(35-3)14-10-20)16-19-7-11-21(34-2)12-8-19/h7-14,18,23H,4-6,15-17H2,1-3H3,(H,28,31)(H,29,33)/t18-,23+,27-/m1/s1. The third-order valence-electron chi connectivity index (χ3n) is 7.26. The molecule has 3 atom stereocenters. The maximum atomic E-state index is 13.3. The molecule has 0 aromatic heterocycles. The summed E-state index contributed by atoms with van der Waals surface area (Å²) in [5, 5.41) is 5.94. The number of hydrogen-bond donors (Lipinski definition) is 2. The average Bonchev–Trinajstić information content (AvgIpc) is 3.10. The minimum absolute atomic E-state index is 0.0443. The van der Waals surface area contributed by atoms with Gasteiger partial charge in [0.2, 0.25) is 5.91 Å². The van der Waals surface area contributed by atoms with Crippen molar-refractivity contribution < 1.29 is 23.9 Å². The number of carbonyl (C=O) groups excluding carboxylic acids is 3. The minimum Gasteiger partial charge on any atom is -0.497 e. The Morgan fingerprint density at radius 1 is 1.06 bits per heavy atom. The Kier molecular flexibility index (Phi) is 7.28. The number of nitrogens with zero attached hydrogens (tertiary/aromatic N) is 1. The van der Waals surface area contributed by atoms with Crippen LogP contribution in [-0.4, -0.2) is 49.0 Å². The molecule has 1 aliphatic carbocycles. The molecule has 2 fully saturated rings. The van der Waals surface area contributed by atoms with Crippen molar-refractivity contribution in [3.8, 4) is 11.5 Å². The molecule has 1 saturated heterocycles. The van der Waals surface area contributed by atoms with E-state index in [0.717, 1.165) is 46.8 Å². The predicted molar refractivity (Wildman–Crippen MR) is 131 cm³/mol. The lowest BCUT2D eigenvalue weighted by Gasteiger charge is -2.36. The van der Waals surface area contributed by atoms with Crippen molar-refractivity contribution in [2.45, 2.75) is 50.6 Å². The maximum Gasteiger partial charge on any atom is 0.325 e. The van der Waals surface area contributed by atoms with Crippen LogP contribution in [0.2, 0.25) is 0 Å². The molecule has 1 heterocycles. The third kappa shape index (κ3) is 5.11. The summed E-state index contributed by atoms with van der Waals surface area (Å²) in [6.07, 6.45) is 3.96. The zero-order valence-electron chi connectivity index (χ0n) is 20.5. The monoisotopic (exact) mass is 479 g/mol. The van der Waals surface area contributed by atoms with E-state index >= 15 is 0 Å². The molecular weight excluding hydrogens is 446 g/mol. The second kappa shape index (κ2) is 10.4. The van der Waals surface area contributed by atoms with E-state index in [1.807, 2.05) is 55.5 Å². The van der Waals surface area contributed by atoms with Crippen molar-refractivity contribution in [1.29, 1.82) is 0 Å². The van der Waals surface area contributed by atoms with Crippen LogP contribution < -0.4 is 20.1 Å². The largest absolute Gasteiger partial charge is 0.497 e. The van der Waals surface area contributed by atoms with E-state index in [0.29, 0.717) is 12.8 Å². The van der Waals surface area contributed by atoms with Crippen LogP contribution in [0, 0.1) is 5.92 Å². The second-order valence-corrected chi connectivity index (χ2v) is 9.39. The van der Waals surface area contributed by atoms with Crippen LogP contribution in [0.3, 0.4) is 0 Å². The first-order chi connectivity index (χ1) is 16.9. The topological polar surface area (TPSA) is 97.0 Å². The molecule has 1 aliphatic heterocycles. The third-order valence-corrected chi connectivity index (χ3v) is 7.26. The highest BCUT2D eigenvalue weighted by atomic mass is 16.5. The van der Waals surface area contributed by atoms with Crippen LogP contribution >= 0.6 is 0 Å². The molecule has 1 spiro atoms. The first-order valence-electron chi connectivity index (χ1n) is 12.1. The van der Waals surface area contributed by atoms with Gasteiger partial charge in [0.25, 0.3) is 5.91 Å². The number of benzene rings is 2. The van der Waals surface area contributed by atoms with E-state index in [1.54, 1.807) is 14.2 Å². The molecule has 35 heavy (non-hydrogen) atoms. The Hall–Kier alpha value is -3.55. The van der Waals surface area contributed by atoms with Gasteiger partial charge in [0, 0.05) is 0 Å². The predicted octanol–water partition coefficient (Wildman–Crippen LogP) is 3.60. The number of amides is 4. The quantitative estimate of drug-likeness (QED) is 0.564. The van der Waals surface area contributed by atoms with Gasteiger partial charge >= 0.3 is 6.03 Å². The first-order valence-corrected chi connectivity index (χ1v) is 12.1. The highest BCUT2D eigenvalue weighted by molar-refractivity contribution is 6.09. The summed E-state index contributed by atoms with van der Waals surface area (Å²) in [4.78, 5) is 40.1. The van der Waals surface area contributed by atoms with Gasteiger partial charge in [-0.3, -0.25) is 14.5 Å². The molecule has 4 rings (SSSR count). The fourth-order valence-electron chi connectivity index (χ4n) is 5.11. The Morgan fingerprint density at radius 3 is 2.29 bits per heavy atom. The molecule has 0 bridgehead atoms. The zero-order chi connectivity index (χ0) is 25.0. The van der Waals surface area contributed by atoms with E-state index in [9.17, 15) is 14.4 Å². The molecule has 2 aliphatic rings. The molecule has 1 saturated carbocycles. The molecule has 0 radical (unpaired) electrons. The average molecular weight is 480 g/mol. The molecule has 2 aromatic carbocycles.